The maximum absolute atomic E-state index is 12.9. The van der Waals surface area contributed by atoms with Crippen LogP contribution in [-0.4, -0.2) is 28.5 Å². The van der Waals surface area contributed by atoms with Gasteiger partial charge in [-0.25, -0.2) is 4.98 Å². The minimum Gasteiger partial charge on any atom is -0.481 e. The molecule has 2 heterocycles. The highest BCUT2D eigenvalue weighted by atomic mass is 16.4. The molecule has 1 aliphatic heterocycles. The Balaban J connectivity index is 1.20. The number of fused-ring (bicyclic) bond motifs is 1. The number of carboxylic acids is 1. The molecule has 0 fully saturated rings. The maximum atomic E-state index is 12.9. The summed E-state index contributed by atoms with van der Waals surface area (Å²) in [6.45, 7) is 1.00. The summed E-state index contributed by atoms with van der Waals surface area (Å²) in [5, 5.41) is 16.1. The fourth-order valence-electron chi connectivity index (χ4n) is 5.30. The van der Waals surface area contributed by atoms with E-state index in [4.69, 9.17) is 4.98 Å². The van der Waals surface area contributed by atoms with Crippen molar-refractivity contribution in [2.45, 2.75) is 83.5 Å². The summed E-state index contributed by atoms with van der Waals surface area (Å²) in [7, 11) is 0. The summed E-state index contributed by atoms with van der Waals surface area (Å²) in [4.78, 5) is 29.5. The number of pyridine rings is 1. The van der Waals surface area contributed by atoms with Crippen molar-refractivity contribution in [1.82, 2.24) is 10.3 Å². The smallest absolute Gasteiger partial charge is 0.316 e. The number of amides is 1. The number of carbonyl (C=O) groups is 2. The second kappa shape index (κ2) is 13.2. The molecule has 2 aliphatic rings. The van der Waals surface area contributed by atoms with E-state index in [9.17, 15) is 14.7 Å². The second-order valence-electron chi connectivity index (χ2n) is 10.1. The molecule has 0 unspecified atom stereocenters. The predicted molar refractivity (Wildman–Crippen MR) is 144 cm³/mol. The third-order valence-corrected chi connectivity index (χ3v) is 7.36. The Morgan fingerprint density at radius 1 is 0.917 bits per heavy atom. The standard InChI is InChI=1S/C30H39N3O3/c34-29(33-27-18-10-9-16-25(27)22-12-5-4-6-13-22)26(30(35)36)17-8-3-1-2-7-15-24-20-19-23-14-11-21-31-28(23)32-24/h4-6,12-13,19-20,26H,1-3,7-11,14-18,21H2,(H,31,32)(H,33,34)(H,35,36)/t26-/m0/s1. The van der Waals surface area contributed by atoms with Crippen molar-refractivity contribution in [2.75, 3.05) is 11.9 Å². The highest BCUT2D eigenvalue weighted by Gasteiger charge is 2.27. The SMILES string of the molecule is O=C(O)[C@@H](CCCCCCCc1ccc2c(n1)NCCC2)C(=O)NC1=C(c2ccccc2)CCCC1. The van der Waals surface area contributed by atoms with Crippen LogP contribution in [0.2, 0.25) is 0 Å². The predicted octanol–water partition coefficient (Wildman–Crippen LogP) is 6.13. The molecule has 36 heavy (non-hydrogen) atoms. The third kappa shape index (κ3) is 7.19. The number of hydrogen-bond acceptors (Lipinski definition) is 4. The average molecular weight is 490 g/mol. The number of anilines is 1. The molecule has 6 nitrogen and oxygen atoms in total. The first-order valence-corrected chi connectivity index (χ1v) is 13.7. The van der Waals surface area contributed by atoms with Crippen LogP contribution >= 0.6 is 0 Å². The number of aliphatic carboxylic acids is 1. The Morgan fingerprint density at radius 3 is 2.53 bits per heavy atom. The van der Waals surface area contributed by atoms with E-state index in [1.54, 1.807) is 0 Å². The molecule has 0 spiro atoms. The number of rotatable bonds is 12. The van der Waals surface area contributed by atoms with E-state index in [-0.39, 0.29) is 5.91 Å². The van der Waals surface area contributed by atoms with Crippen LogP contribution in [0.3, 0.4) is 0 Å². The Labute approximate surface area is 214 Å². The van der Waals surface area contributed by atoms with Gasteiger partial charge in [-0.1, -0.05) is 62.1 Å². The van der Waals surface area contributed by atoms with Gasteiger partial charge in [0.25, 0.3) is 0 Å². The van der Waals surface area contributed by atoms with Crippen LogP contribution in [0.5, 0.6) is 0 Å². The van der Waals surface area contributed by atoms with Gasteiger partial charge in [-0.15, -0.1) is 0 Å². The van der Waals surface area contributed by atoms with Crippen molar-refractivity contribution >= 4 is 23.3 Å². The number of carboxylic acid groups (broad SMARTS) is 1. The minimum absolute atomic E-state index is 0.375. The number of allylic oxidation sites excluding steroid dienone is 2. The van der Waals surface area contributed by atoms with Crippen LogP contribution in [0, 0.1) is 5.92 Å². The van der Waals surface area contributed by atoms with Crippen LogP contribution in [0.25, 0.3) is 5.57 Å². The van der Waals surface area contributed by atoms with Crippen molar-refractivity contribution in [2.24, 2.45) is 5.92 Å². The molecular weight excluding hydrogens is 450 g/mol. The Hall–Kier alpha value is -3.15. The van der Waals surface area contributed by atoms with Gasteiger partial charge in [-0.3, -0.25) is 9.59 Å². The maximum Gasteiger partial charge on any atom is 0.316 e. The molecule has 1 atom stereocenters. The van der Waals surface area contributed by atoms with Gasteiger partial charge < -0.3 is 15.7 Å². The molecule has 1 aromatic carbocycles. The van der Waals surface area contributed by atoms with Gasteiger partial charge in [0, 0.05) is 17.9 Å². The molecule has 1 aromatic heterocycles. The van der Waals surface area contributed by atoms with Crippen molar-refractivity contribution < 1.29 is 14.7 Å². The molecule has 0 saturated heterocycles. The molecule has 192 valence electrons. The summed E-state index contributed by atoms with van der Waals surface area (Å²) in [6.07, 6.45) is 12.3. The van der Waals surface area contributed by atoms with E-state index >= 15 is 0 Å². The molecule has 0 bridgehead atoms. The molecule has 1 amide bonds. The number of carbonyl (C=O) groups excluding carboxylic acids is 1. The van der Waals surface area contributed by atoms with E-state index < -0.39 is 11.9 Å². The zero-order valence-electron chi connectivity index (χ0n) is 21.2. The highest BCUT2D eigenvalue weighted by molar-refractivity contribution is 5.98. The topological polar surface area (TPSA) is 91.3 Å². The van der Waals surface area contributed by atoms with E-state index in [1.807, 2.05) is 18.2 Å². The molecule has 4 rings (SSSR count). The van der Waals surface area contributed by atoms with Crippen LogP contribution in [0.15, 0.2) is 48.2 Å². The number of nitrogens with zero attached hydrogens (tertiary/aromatic N) is 1. The largest absolute Gasteiger partial charge is 0.481 e. The summed E-state index contributed by atoms with van der Waals surface area (Å²) >= 11 is 0. The molecule has 3 N–H and O–H groups in total. The van der Waals surface area contributed by atoms with Gasteiger partial charge in [-0.2, -0.15) is 0 Å². The van der Waals surface area contributed by atoms with Gasteiger partial charge in [-0.05, 0) is 80.6 Å². The van der Waals surface area contributed by atoms with Gasteiger partial charge in [0.15, 0.2) is 0 Å². The third-order valence-electron chi connectivity index (χ3n) is 7.36. The zero-order valence-corrected chi connectivity index (χ0v) is 21.2. The molecule has 0 radical (unpaired) electrons. The first-order valence-electron chi connectivity index (χ1n) is 13.7. The van der Waals surface area contributed by atoms with Crippen LogP contribution in [0.4, 0.5) is 5.82 Å². The van der Waals surface area contributed by atoms with Crippen LogP contribution in [-0.2, 0) is 22.4 Å². The Kier molecular flexibility index (Phi) is 9.54. The number of hydrogen-bond donors (Lipinski definition) is 3. The zero-order chi connectivity index (χ0) is 25.2. The van der Waals surface area contributed by atoms with Crippen LogP contribution < -0.4 is 10.6 Å². The van der Waals surface area contributed by atoms with Crippen molar-refractivity contribution in [3.8, 4) is 0 Å². The van der Waals surface area contributed by atoms with E-state index in [0.29, 0.717) is 6.42 Å². The lowest BCUT2D eigenvalue weighted by Crippen LogP contribution is -2.35. The minimum atomic E-state index is -1.03. The van der Waals surface area contributed by atoms with Crippen molar-refractivity contribution in [1.29, 1.82) is 0 Å². The molecule has 0 saturated carbocycles. The highest BCUT2D eigenvalue weighted by Crippen LogP contribution is 2.31. The number of aromatic nitrogens is 1. The molecule has 6 heteroatoms. The normalized spacial score (nSPS) is 16.1. The molecular formula is C30H39N3O3. The number of unbranched alkanes of at least 4 members (excludes halogenated alkanes) is 4. The Bertz CT molecular complexity index is 1060. The van der Waals surface area contributed by atoms with Crippen LogP contribution in [0.1, 0.15) is 87.4 Å². The lowest BCUT2D eigenvalue weighted by atomic mass is 9.90. The summed E-state index contributed by atoms with van der Waals surface area (Å²) < 4.78 is 0. The van der Waals surface area contributed by atoms with E-state index in [1.165, 1.54) is 12.0 Å². The summed E-state index contributed by atoms with van der Waals surface area (Å²) in [6, 6.07) is 14.4. The van der Waals surface area contributed by atoms with E-state index in [2.05, 4.69) is 34.9 Å². The summed E-state index contributed by atoms with van der Waals surface area (Å²) in [5.74, 6) is -1.35. The van der Waals surface area contributed by atoms with E-state index in [0.717, 1.165) is 106 Å². The first kappa shape index (κ1) is 25.9. The van der Waals surface area contributed by atoms with Crippen molar-refractivity contribution in [3.05, 3.63) is 65.0 Å². The van der Waals surface area contributed by atoms with Gasteiger partial charge in [0.2, 0.25) is 5.91 Å². The molecule has 1 aliphatic carbocycles. The molecule has 2 aromatic rings. The Morgan fingerprint density at radius 2 is 1.69 bits per heavy atom. The van der Waals surface area contributed by atoms with Crippen molar-refractivity contribution in [3.63, 3.8) is 0 Å². The number of nitrogens with one attached hydrogen (secondary N) is 2. The first-order chi connectivity index (χ1) is 17.6. The van der Waals surface area contributed by atoms with Gasteiger partial charge in [0.1, 0.15) is 11.7 Å². The number of benzene rings is 1. The monoisotopic (exact) mass is 489 g/mol. The second-order valence-corrected chi connectivity index (χ2v) is 10.1. The van der Waals surface area contributed by atoms with Gasteiger partial charge >= 0.3 is 5.97 Å². The quantitative estimate of drug-likeness (QED) is 0.247. The summed E-state index contributed by atoms with van der Waals surface area (Å²) in [5.41, 5.74) is 5.61. The fraction of sp³-hybridized carbons (Fsp3) is 0.500. The fourth-order valence-corrected chi connectivity index (χ4v) is 5.30. The van der Waals surface area contributed by atoms with Gasteiger partial charge in [0.05, 0.1) is 0 Å². The lowest BCUT2D eigenvalue weighted by molar-refractivity contribution is -0.147. The number of aryl methyl sites for hydroxylation is 2. The lowest BCUT2D eigenvalue weighted by Gasteiger charge is -2.23. The average Bonchev–Trinajstić information content (AvgIpc) is 2.90.